The van der Waals surface area contributed by atoms with Crippen LogP contribution in [0.5, 0.6) is 5.75 Å². The van der Waals surface area contributed by atoms with Crippen molar-refractivity contribution >= 4 is 23.4 Å². The Morgan fingerprint density at radius 2 is 1.89 bits per heavy atom. The molecule has 28 heavy (non-hydrogen) atoms. The predicted molar refractivity (Wildman–Crippen MR) is 105 cm³/mol. The second-order valence-corrected chi connectivity index (χ2v) is 7.35. The lowest BCUT2D eigenvalue weighted by Gasteiger charge is -2.30. The Hall–Kier alpha value is -2.61. The van der Waals surface area contributed by atoms with Gasteiger partial charge in [0.2, 0.25) is 11.8 Å². The highest BCUT2D eigenvalue weighted by Crippen LogP contribution is 2.31. The summed E-state index contributed by atoms with van der Waals surface area (Å²) >= 11 is 0. The number of para-hydroxylation sites is 2. The molecule has 1 saturated heterocycles. The highest BCUT2D eigenvalue weighted by atomic mass is 16.5. The predicted octanol–water partition coefficient (Wildman–Crippen LogP) is 0.425. The molecule has 0 aromatic heterocycles. The molecule has 0 saturated carbocycles. The quantitative estimate of drug-likeness (QED) is 0.731. The molecule has 0 N–H and O–H groups in total. The normalized spacial score (nSPS) is 17.6. The third-order valence-corrected chi connectivity index (χ3v) is 5.16. The van der Waals surface area contributed by atoms with Crippen LogP contribution in [0.3, 0.4) is 0 Å². The summed E-state index contributed by atoms with van der Waals surface area (Å²) in [6.45, 7) is 3.50. The maximum Gasteiger partial charge on any atom is 0.265 e. The van der Waals surface area contributed by atoms with Gasteiger partial charge in [-0.05, 0) is 18.6 Å². The first kappa shape index (κ1) is 20.1. The monoisotopic (exact) mass is 388 g/mol. The van der Waals surface area contributed by atoms with E-state index in [1.54, 1.807) is 23.9 Å². The molecule has 0 bridgehead atoms. The van der Waals surface area contributed by atoms with Gasteiger partial charge in [-0.15, -0.1) is 0 Å². The molecule has 2 heterocycles. The van der Waals surface area contributed by atoms with E-state index in [0.29, 0.717) is 38.5 Å². The van der Waals surface area contributed by atoms with Crippen LogP contribution < -0.4 is 9.64 Å². The molecule has 3 amide bonds. The second-order valence-electron chi connectivity index (χ2n) is 7.35. The van der Waals surface area contributed by atoms with Crippen LogP contribution in [-0.4, -0.2) is 92.4 Å². The first-order chi connectivity index (χ1) is 13.5. The van der Waals surface area contributed by atoms with E-state index in [2.05, 4.69) is 4.90 Å². The van der Waals surface area contributed by atoms with Gasteiger partial charge in [0.25, 0.3) is 5.91 Å². The topological polar surface area (TPSA) is 73.4 Å². The lowest BCUT2D eigenvalue weighted by Crippen LogP contribution is -2.42. The average Bonchev–Trinajstić information content (AvgIpc) is 2.92. The van der Waals surface area contributed by atoms with Gasteiger partial charge in [0.05, 0.1) is 12.2 Å². The Bertz CT molecular complexity index is 737. The largest absolute Gasteiger partial charge is 0.482 e. The van der Waals surface area contributed by atoms with E-state index in [9.17, 15) is 14.4 Å². The maximum atomic E-state index is 12.7. The van der Waals surface area contributed by atoms with Crippen molar-refractivity contribution in [1.29, 1.82) is 0 Å². The van der Waals surface area contributed by atoms with Crippen LogP contribution in [-0.2, 0) is 14.4 Å². The Balaban J connectivity index is 1.53. The molecule has 8 heteroatoms. The summed E-state index contributed by atoms with van der Waals surface area (Å²) in [7, 11) is 3.50. The van der Waals surface area contributed by atoms with Gasteiger partial charge in [-0.3, -0.25) is 19.3 Å². The molecule has 3 rings (SSSR count). The summed E-state index contributed by atoms with van der Waals surface area (Å²) in [5.74, 6) is 0.656. The zero-order valence-electron chi connectivity index (χ0n) is 16.6. The number of rotatable bonds is 5. The molecule has 8 nitrogen and oxygen atoms in total. The molecule has 2 aliphatic heterocycles. The summed E-state index contributed by atoms with van der Waals surface area (Å²) in [5.41, 5.74) is 0.718. The van der Waals surface area contributed by atoms with Gasteiger partial charge in [0.15, 0.2) is 6.61 Å². The number of hydrogen-bond acceptors (Lipinski definition) is 5. The lowest BCUT2D eigenvalue weighted by atomic mass is 10.2. The highest BCUT2D eigenvalue weighted by molar-refractivity contribution is 5.98. The van der Waals surface area contributed by atoms with E-state index < -0.39 is 0 Å². The van der Waals surface area contributed by atoms with Gasteiger partial charge in [-0.1, -0.05) is 12.1 Å². The minimum Gasteiger partial charge on any atom is -0.482 e. The molecule has 0 unspecified atom stereocenters. The summed E-state index contributed by atoms with van der Waals surface area (Å²) in [5, 5.41) is 0. The average molecular weight is 388 g/mol. The smallest absolute Gasteiger partial charge is 0.265 e. The summed E-state index contributed by atoms with van der Waals surface area (Å²) in [6, 6.07) is 7.38. The van der Waals surface area contributed by atoms with Crippen molar-refractivity contribution < 1.29 is 19.1 Å². The number of hydrogen-bond donors (Lipinski definition) is 0. The van der Waals surface area contributed by atoms with Crippen molar-refractivity contribution in [3.8, 4) is 5.75 Å². The molecule has 1 aromatic carbocycles. The summed E-state index contributed by atoms with van der Waals surface area (Å²) in [4.78, 5) is 44.0. The van der Waals surface area contributed by atoms with E-state index in [4.69, 9.17) is 4.74 Å². The van der Waals surface area contributed by atoms with E-state index in [0.717, 1.165) is 18.7 Å². The molecule has 0 atom stereocenters. The van der Waals surface area contributed by atoms with Crippen molar-refractivity contribution in [3.05, 3.63) is 24.3 Å². The van der Waals surface area contributed by atoms with Gasteiger partial charge in [-0.25, -0.2) is 0 Å². The molecule has 1 fully saturated rings. The number of carbonyl (C=O) groups is 3. The standard InChI is InChI=1S/C20H28N4O4/c1-21(2)19(26)14-22-9-5-10-23(13-12-22)18(25)8-11-24-16-6-3-4-7-17(16)28-15-20(24)27/h3-4,6-7H,5,8-15H2,1-2H3. The second kappa shape index (κ2) is 9.05. The molecular weight excluding hydrogens is 360 g/mol. The Morgan fingerprint density at radius 1 is 1.11 bits per heavy atom. The minimum atomic E-state index is -0.129. The Kier molecular flexibility index (Phi) is 6.51. The Morgan fingerprint density at radius 3 is 2.68 bits per heavy atom. The minimum absolute atomic E-state index is 0.00375. The van der Waals surface area contributed by atoms with Gasteiger partial charge in [0, 0.05) is 53.2 Å². The zero-order chi connectivity index (χ0) is 20.1. The molecule has 152 valence electrons. The van der Waals surface area contributed by atoms with E-state index in [1.165, 1.54) is 0 Å². The van der Waals surface area contributed by atoms with Crippen LogP contribution in [0.2, 0.25) is 0 Å². The van der Waals surface area contributed by atoms with Crippen LogP contribution in [0.25, 0.3) is 0 Å². The van der Waals surface area contributed by atoms with Crippen LogP contribution in [0.1, 0.15) is 12.8 Å². The SMILES string of the molecule is CN(C)C(=O)CN1CCCN(C(=O)CCN2C(=O)COc3ccccc32)CC1. The number of amides is 3. The molecule has 0 radical (unpaired) electrons. The fourth-order valence-corrected chi connectivity index (χ4v) is 3.48. The summed E-state index contributed by atoms with van der Waals surface area (Å²) in [6.07, 6.45) is 1.11. The third kappa shape index (κ3) is 4.81. The van der Waals surface area contributed by atoms with E-state index in [1.807, 2.05) is 29.2 Å². The molecular formula is C20H28N4O4. The van der Waals surface area contributed by atoms with E-state index in [-0.39, 0.29) is 30.7 Å². The number of benzene rings is 1. The van der Waals surface area contributed by atoms with Gasteiger partial charge < -0.3 is 19.4 Å². The number of fused-ring (bicyclic) bond motifs is 1. The van der Waals surface area contributed by atoms with Crippen LogP contribution in [0, 0.1) is 0 Å². The van der Waals surface area contributed by atoms with Crippen molar-refractivity contribution in [2.75, 3.05) is 64.9 Å². The van der Waals surface area contributed by atoms with E-state index >= 15 is 0 Å². The van der Waals surface area contributed by atoms with Crippen molar-refractivity contribution in [2.24, 2.45) is 0 Å². The van der Waals surface area contributed by atoms with Crippen molar-refractivity contribution in [1.82, 2.24) is 14.7 Å². The molecule has 0 spiro atoms. The zero-order valence-corrected chi connectivity index (χ0v) is 16.6. The molecule has 2 aliphatic rings. The number of anilines is 1. The van der Waals surface area contributed by atoms with Gasteiger partial charge >= 0.3 is 0 Å². The summed E-state index contributed by atoms with van der Waals surface area (Å²) < 4.78 is 5.44. The Labute approximate surface area is 165 Å². The number of likely N-dealkylation sites (N-methyl/N-ethyl adjacent to an activating group) is 1. The number of ether oxygens (including phenoxy) is 1. The third-order valence-electron chi connectivity index (χ3n) is 5.16. The number of carbonyl (C=O) groups excluding carboxylic acids is 3. The first-order valence-electron chi connectivity index (χ1n) is 9.68. The molecule has 0 aliphatic carbocycles. The van der Waals surface area contributed by atoms with Crippen LogP contribution in [0.4, 0.5) is 5.69 Å². The van der Waals surface area contributed by atoms with Gasteiger partial charge in [0.1, 0.15) is 5.75 Å². The molecule has 1 aromatic rings. The van der Waals surface area contributed by atoms with Crippen LogP contribution in [0.15, 0.2) is 24.3 Å². The van der Waals surface area contributed by atoms with Crippen LogP contribution >= 0.6 is 0 Å². The van der Waals surface area contributed by atoms with Gasteiger partial charge in [-0.2, -0.15) is 0 Å². The lowest BCUT2D eigenvalue weighted by molar-refractivity contribution is -0.131. The highest BCUT2D eigenvalue weighted by Gasteiger charge is 2.27. The fraction of sp³-hybridized carbons (Fsp3) is 0.550. The maximum absolute atomic E-state index is 12.7. The van der Waals surface area contributed by atoms with Crippen molar-refractivity contribution in [3.63, 3.8) is 0 Å². The first-order valence-corrected chi connectivity index (χ1v) is 9.68. The van der Waals surface area contributed by atoms with Crippen molar-refractivity contribution in [2.45, 2.75) is 12.8 Å². The number of nitrogens with zero attached hydrogens (tertiary/aromatic N) is 4. The fourth-order valence-electron chi connectivity index (χ4n) is 3.48.